The van der Waals surface area contributed by atoms with Crippen LogP contribution in [0.4, 0.5) is 0 Å². The molecule has 0 aliphatic heterocycles. The number of aliphatic hydroxyl groups excluding tert-OH is 1. The molecule has 1 heterocycles. The molecular formula is C25H37N3OS. The van der Waals surface area contributed by atoms with Gasteiger partial charge in [0.2, 0.25) is 0 Å². The predicted octanol–water partition coefficient (Wildman–Crippen LogP) is 6.81. The van der Waals surface area contributed by atoms with E-state index in [4.69, 9.17) is 5.11 Å². The first-order chi connectivity index (χ1) is 13.7. The van der Waals surface area contributed by atoms with Crippen molar-refractivity contribution in [3.05, 3.63) is 72.8 Å². The number of hydrogen-bond acceptors (Lipinski definition) is 4. The van der Waals surface area contributed by atoms with Gasteiger partial charge in [0.15, 0.2) is 0 Å². The van der Waals surface area contributed by atoms with E-state index in [1.807, 2.05) is 36.4 Å². The molecule has 0 aliphatic carbocycles. The summed E-state index contributed by atoms with van der Waals surface area (Å²) >= 11 is 4.20. The third-order valence-electron chi connectivity index (χ3n) is 3.74. The fourth-order valence-electron chi connectivity index (χ4n) is 2.11. The van der Waals surface area contributed by atoms with Crippen LogP contribution in [0.1, 0.15) is 47.1 Å². The first kappa shape index (κ1) is 27.6. The maximum Gasteiger partial charge on any atom is 0.114 e. The van der Waals surface area contributed by atoms with Crippen LogP contribution in [0.3, 0.4) is 0 Å². The second-order valence-corrected chi connectivity index (χ2v) is 8.39. The number of aliphatic hydroxyl groups is 1. The first-order valence-corrected chi connectivity index (χ1v) is 10.1. The molecule has 1 N–H and O–H groups in total. The van der Waals surface area contributed by atoms with Crippen molar-refractivity contribution in [1.82, 2.24) is 15.0 Å². The second-order valence-electron chi connectivity index (χ2n) is 7.88. The van der Waals surface area contributed by atoms with Crippen molar-refractivity contribution in [2.45, 2.75) is 53.4 Å². The van der Waals surface area contributed by atoms with Gasteiger partial charge in [-0.15, -0.1) is 22.8 Å². The standard InChI is InChI=1S/C9H9N3OS.C8H16.C7H8.CH4/c1-6(5-13)12-10-8-3-2-7(14)4-9(8)11-12;1-5-6-7-8(2,3)4;1-7-5-3-2-4-6-7;/h2-4,13-14H,1,5H2;5-6H,7H2,1-4H3;2-6H,1H3;1H4/b;6-5+;;. The van der Waals surface area contributed by atoms with Crippen molar-refractivity contribution < 1.29 is 5.11 Å². The fourth-order valence-corrected chi connectivity index (χ4v) is 2.31. The molecule has 0 fully saturated rings. The third kappa shape index (κ3) is 11.0. The molecular weight excluding hydrogens is 390 g/mol. The Morgan fingerprint density at radius 1 is 1.10 bits per heavy atom. The van der Waals surface area contributed by atoms with E-state index in [0.29, 0.717) is 11.1 Å². The lowest BCUT2D eigenvalue weighted by molar-refractivity contribution is 0.340. The zero-order valence-corrected chi connectivity index (χ0v) is 19.0. The number of rotatable bonds is 3. The lowest BCUT2D eigenvalue weighted by Gasteiger charge is -2.13. The molecule has 0 bridgehead atoms. The summed E-state index contributed by atoms with van der Waals surface area (Å²) in [5, 5.41) is 17.1. The number of allylic oxidation sites excluding steroid dienone is 2. The minimum Gasteiger partial charge on any atom is -0.390 e. The van der Waals surface area contributed by atoms with Crippen LogP contribution < -0.4 is 0 Å². The molecule has 0 amide bonds. The number of fused-ring (bicyclic) bond motifs is 1. The molecule has 2 aromatic carbocycles. The Bertz CT molecular complexity index is 909. The SMILES string of the molecule is C.C/C=C/CC(C)(C)C.C=C(CO)n1nc2ccc(S)cc2n1.Cc1ccccc1. The van der Waals surface area contributed by atoms with E-state index in [9.17, 15) is 0 Å². The van der Waals surface area contributed by atoms with Crippen LogP contribution in [-0.4, -0.2) is 26.7 Å². The smallest absolute Gasteiger partial charge is 0.114 e. The second kappa shape index (κ2) is 13.8. The zero-order valence-electron chi connectivity index (χ0n) is 18.1. The molecule has 4 nitrogen and oxygen atoms in total. The molecule has 0 spiro atoms. The number of benzene rings is 2. The van der Waals surface area contributed by atoms with Crippen LogP contribution in [0.25, 0.3) is 16.7 Å². The van der Waals surface area contributed by atoms with Crippen molar-refractivity contribution in [1.29, 1.82) is 0 Å². The predicted molar refractivity (Wildman–Crippen MR) is 134 cm³/mol. The van der Waals surface area contributed by atoms with Gasteiger partial charge < -0.3 is 5.11 Å². The Labute approximate surface area is 187 Å². The van der Waals surface area contributed by atoms with Crippen molar-refractivity contribution in [2.75, 3.05) is 6.61 Å². The van der Waals surface area contributed by atoms with Crippen LogP contribution in [0.2, 0.25) is 0 Å². The third-order valence-corrected chi connectivity index (χ3v) is 4.01. The number of aryl methyl sites for hydroxylation is 1. The number of nitrogens with zero attached hydrogens (tertiary/aromatic N) is 3. The molecule has 0 atom stereocenters. The number of hydrogen-bond donors (Lipinski definition) is 2. The van der Waals surface area contributed by atoms with Crippen molar-refractivity contribution in [3.8, 4) is 0 Å². The van der Waals surface area contributed by atoms with Gasteiger partial charge in [-0.25, -0.2) is 0 Å². The van der Waals surface area contributed by atoms with E-state index in [0.717, 1.165) is 15.9 Å². The average molecular weight is 428 g/mol. The highest BCUT2D eigenvalue weighted by Crippen LogP contribution is 2.18. The van der Waals surface area contributed by atoms with Gasteiger partial charge in [-0.1, -0.05) is 82.8 Å². The summed E-state index contributed by atoms with van der Waals surface area (Å²) in [4.78, 5) is 2.16. The van der Waals surface area contributed by atoms with Crippen LogP contribution in [0.5, 0.6) is 0 Å². The molecule has 0 unspecified atom stereocenters. The van der Waals surface area contributed by atoms with Crippen LogP contribution in [0.15, 0.2) is 72.2 Å². The van der Waals surface area contributed by atoms with Crippen LogP contribution in [-0.2, 0) is 0 Å². The average Bonchev–Trinajstić information content (AvgIpc) is 3.10. The Kier molecular flexibility index (Phi) is 12.7. The summed E-state index contributed by atoms with van der Waals surface area (Å²) in [6, 6.07) is 15.7. The summed E-state index contributed by atoms with van der Waals surface area (Å²) < 4.78 is 0. The molecule has 0 radical (unpaired) electrons. The zero-order chi connectivity index (χ0) is 21.9. The highest BCUT2D eigenvalue weighted by molar-refractivity contribution is 7.80. The lowest BCUT2D eigenvalue weighted by atomic mass is 9.92. The van der Waals surface area contributed by atoms with Crippen LogP contribution in [0, 0.1) is 12.3 Å². The van der Waals surface area contributed by atoms with Gasteiger partial charge in [-0.05, 0) is 43.9 Å². The van der Waals surface area contributed by atoms with Gasteiger partial charge >= 0.3 is 0 Å². The highest BCUT2D eigenvalue weighted by Gasteiger charge is 2.05. The quantitative estimate of drug-likeness (QED) is 0.356. The van der Waals surface area contributed by atoms with Crippen LogP contribution >= 0.6 is 12.6 Å². The van der Waals surface area contributed by atoms with Crippen molar-refractivity contribution >= 4 is 29.4 Å². The molecule has 0 aliphatic rings. The molecule has 164 valence electrons. The van der Waals surface area contributed by atoms with E-state index < -0.39 is 0 Å². The largest absolute Gasteiger partial charge is 0.390 e. The summed E-state index contributed by atoms with van der Waals surface area (Å²) in [6.45, 7) is 14.3. The number of aromatic nitrogens is 3. The van der Waals surface area contributed by atoms with E-state index in [1.165, 1.54) is 16.8 Å². The fraction of sp³-hybridized carbons (Fsp3) is 0.360. The summed E-state index contributed by atoms with van der Waals surface area (Å²) in [5.41, 5.74) is 3.74. The maximum atomic E-state index is 8.85. The van der Waals surface area contributed by atoms with Gasteiger partial charge in [0.25, 0.3) is 0 Å². The Hall–Kier alpha value is -2.37. The molecule has 0 saturated heterocycles. The van der Waals surface area contributed by atoms with E-state index in [2.05, 4.69) is 88.3 Å². The monoisotopic (exact) mass is 427 g/mol. The van der Waals surface area contributed by atoms with E-state index in [1.54, 1.807) is 0 Å². The van der Waals surface area contributed by atoms with E-state index >= 15 is 0 Å². The minimum atomic E-state index is -0.158. The van der Waals surface area contributed by atoms with Gasteiger partial charge in [-0.2, -0.15) is 4.80 Å². The lowest BCUT2D eigenvalue weighted by Crippen LogP contribution is -2.03. The molecule has 3 aromatic rings. The van der Waals surface area contributed by atoms with E-state index in [-0.39, 0.29) is 14.0 Å². The normalized spacial score (nSPS) is 10.5. The molecule has 0 saturated carbocycles. The van der Waals surface area contributed by atoms with Gasteiger partial charge in [-0.3, -0.25) is 0 Å². The molecule has 3 rings (SSSR count). The Morgan fingerprint density at radius 2 is 1.70 bits per heavy atom. The first-order valence-electron chi connectivity index (χ1n) is 9.64. The van der Waals surface area contributed by atoms with Gasteiger partial charge in [0.1, 0.15) is 11.0 Å². The Balaban J connectivity index is 0.000000452. The van der Waals surface area contributed by atoms with Crippen molar-refractivity contribution in [2.24, 2.45) is 5.41 Å². The maximum absolute atomic E-state index is 8.85. The molecule has 1 aromatic heterocycles. The summed E-state index contributed by atoms with van der Waals surface area (Å²) in [6.07, 6.45) is 5.49. The summed E-state index contributed by atoms with van der Waals surface area (Å²) in [7, 11) is 0. The van der Waals surface area contributed by atoms with Crippen molar-refractivity contribution in [3.63, 3.8) is 0 Å². The van der Waals surface area contributed by atoms with Gasteiger partial charge in [0, 0.05) is 4.90 Å². The Morgan fingerprint density at radius 3 is 2.13 bits per heavy atom. The minimum absolute atomic E-state index is 0. The molecule has 30 heavy (non-hydrogen) atoms. The highest BCUT2D eigenvalue weighted by atomic mass is 32.1. The topological polar surface area (TPSA) is 50.9 Å². The van der Waals surface area contributed by atoms with Gasteiger partial charge in [0.05, 0.1) is 12.3 Å². The molecule has 5 heteroatoms. The number of thiol groups is 1. The summed E-state index contributed by atoms with van der Waals surface area (Å²) in [5.74, 6) is 0.